The molecule has 0 aliphatic carbocycles. The highest BCUT2D eigenvalue weighted by atomic mass is 35.5. The van der Waals surface area contributed by atoms with Crippen molar-refractivity contribution in [1.29, 1.82) is 0 Å². The number of nitrogens with one attached hydrogen (secondary N) is 1. The lowest BCUT2D eigenvalue weighted by atomic mass is 9.86. The van der Waals surface area contributed by atoms with E-state index in [1.54, 1.807) is 0 Å². The highest BCUT2D eigenvalue weighted by Crippen LogP contribution is 2.22. The van der Waals surface area contributed by atoms with E-state index in [9.17, 15) is 4.79 Å². The average molecular weight is 299 g/mol. The Morgan fingerprint density at radius 3 is 2.25 bits per heavy atom. The predicted octanol–water partition coefficient (Wildman–Crippen LogP) is 2.80. The van der Waals surface area contributed by atoms with Crippen molar-refractivity contribution in [2.24, 2.45) is 5.73 Å². The first-order valence-electron chi connectivity index (χ1n) is 6.92. The molecule has 1 aromatic carbocycles. The summed E-state index contributed by atoms with van der Waals surface area (Å²) in [6.07, 6.45) is 1.28. The summed E-state index contributed by atoms with van der Waals surface area (Å²) in [5.74, 6) is 0.0675. The van der Waals surface area contributed by atoms with Crippen LogP contribution in [0.25, 0.3) is 0 Å². The summed E-state index contributed by atoms with van der Waals surface area (Å²) in [6.45, 7) is 8.99. The Hall–Kier alpha value is -1.06. The molecule has 1 rings (SSSR count). The number of carbonyl (C=O) groups excluding carboxylic acids is 1. The molecule has 0 aliphatic heterocycles. The maximum absolute atomic E-state index is 11.6. The Morgan fingerprint density at radius 1 is 1.25 bits per heavy atom. The largest absolute Gasteiger partial charge is 0.352 e. The first kappa shape index (κ1) is 18.9. The summed E-state index contributed by atoms with van der Waals surface area (Å²) in [5, 5.41) is 2.87. The molecule has 1 aromatic rings. The molecule has 0 saturated heterocycles. The molecule has 4 heteroatoms. The highest BCUT2D eigenvalue weighted by molar-refractivity contribution is 5.85. The molecular weight excluding hydrogens is 272 g/mol. The van der Waals surface area contributed by atoms with E-state index in [1.807, 2.05) is 6.92 Å². The molecule has 0 aliphatic rings. The van der Waals surface area contributed by atoms with Crippen LogP contribution in [-0.4, -0.2) is 18.5 Å². The molecular formula is C16H27ClN2O. The predicted molar refractivity (Wildman–Crippen MR) is 87.4 cm³/mol. The number of aryl methyl sites for hydroxylation is 1. The first-order chi connectivity index (χ1) is 8.82. The van der Waals surface area contributed by atoms with Gasteiger partial charge in [-0.05, 0) is 29.9 Å². The Morgan fingerprint density at radius 2 is 1.80 bits per heavy atom. The minimum atomic E-state index is 0. The normalized spacial score (nSPS) is 12.4. The van der Waals surface area contributed by atoms with E-state index in [2.05, 4.69) is 50.4 Å². The van der Waals surface area contributed by atoms with Crippen LogP contribution in [0.15, 0.2) is 24.3 Å². The van der Waals surface area contributed by atoms with Crippen LogP contribution in [0.2, 0.25) is 0 Å². The molecule has 1 amide bonds. The van der Waals surface area contributed by atoms with Gasteiger partial charge in [0, 0.05) is 19.0 Å². The number of amides is 1. The molecule has 0 saturated carbocycles. The number of rotatable bonds is 5. The Kier molecular flexibility index (Phi) is 7.84. The fourth-order valence-electron chi connectivity index (χ4n) is 1.84. The third-order valence-corrected chi connectivity index (χ3v) is 3.22. The van der Waals surface area contributed by atoms with Crippen LogP contribution in [0.5, 0.6) is 0 Å². The number of benzene rings is 1. The third kappa shape index (κ3) is 6.40. The zero-order valence-corrected chi connectivity index (χ0v) is 13.7. The standard InChI is InChI=1S/C16H26N2O.ClH/c1-12(11-17)18-15(19)10-7-13-5-8-14(9-6-13)16(2,3)4;/h5-6,8-9,12H,7,10-11,17H2,1-4H3,(H,18,19);1H/t12-;/m0./s1. The van der Waals surface area contributed by atoms with E-state index in [1.165, 1.54) is 11.1 Å². The molecule has 0 spiro atoms. The average Bonchev–Trinajstić information content (AvgIpc) is 2.35. The SMILES string of the molecule is C[C@@H](CN)NC(=O)CCc1ccc(C(C)(C)C)cc1.Cl. The molecule has 0 aromatic heterocycles. The topological polar surface area (TPSA) is 55.1 Å². The lowest BCUT2D eigenvalue weighted by Crippen LogP contribution is -2.37. The lowest BCUT2D eigenvalue weighted by molar-refractivity contribution is -0.121. The van der Waals surface area contributed by atoms with Gasteiger partial charge in [0.25, 0.3) is 0 Å². The van der Waals surface area contributed by atoms with Crippen LogP contribution < -0.4 is 11.1 Å². The zero-order valence-electron chi connectivity index (χ0n) is 12.9. The monoisotopic (exact) mass is 298 g/mol. The molecule has 20 heavy (non-hydrogen) atoms. The minimum Gasteiger partial charge on any atom is -0.352 e. The molecule has 0 radical (unpaired) electrons. The Balaban J connectivity index is 0.00000361. The third-order valence-electron chi connectivity index (χ3n) is 3.22. The van der Waals surface area contributed by atoms with Gasteiger partial charge in [-0.15, -0.1) is 12.4 Å². The van der Waals surface area contributed by atoms with E-state index < -0.39 is 0 Å². The van der Waals surface area contributed by atoms with E-state index in [0.717, 1.165) is 6.42 Å². The van der Waals surface area contributed by atoms with Crippen LogP contribution >= 0.6 is 12.4 Å². The second-order valence-electron chi connectivity index (χ2n) is 6.15. The van der Waals surface area contributed by atoms with E-state index in [-0.39, 0.29) is 29.8 Å². The maximum Gasteiger partial charge on any atom is 0.220 e. The molecule has 0 unspecified atom stereocenters. The quantitative estimate of drug-likeness (QED) is 0.878. The van der Waals surface area contributed by atoms with E-state index >= 15 is 0 Å². The van der Waals surface area contributed by atoms with Gasteiger partial charge < -0.3 is 11.1 Å². The molecule has 3 nitrogen and oxygen atoms in total. The van der Waals surface area contributed by atoms with Crippen molar-refractivity contribution in [2.45, 2.75) is 52.0 Å². The second-order valence-corrected chi connectivity index (χ2v) is 6.15. The summed E-state index contributed by atoms with van der Waals surface area (Å²) >= 11 is 0. The van der Waals surface area contributed by atoms with Crippen LogP contribution in [0, 0.1) is 0 Å². The lowest BCUT2D eigenvalue weighted by Gasteiger charge is -2.19. The highest BCUT2D eigenvalue weighted by Gasteiger charge is 2.13. The Bertz CT molecular complexity index is 409. The molecule has 0 bridgehead atoms. The maximum atomic E-state index is 11.6. The van der Waals surface area contributed by atoms with Crippen LogP contribution in [0.3, 0.4) is 0 Å². The Labute approximate surface area is 128 Å². The molecule has 0 fully saturated rings. The summed E-state index contributed by atoms with van der Waals surface area (Å²) < 4.78 is 0. The number of halogens is 1. The van der Waals surface area contributed by atoms with Crippen LogP contribution in [0.1, 0.15) is 45.2 Å². The zero-order chi connectivity index (χ0) is 14.5. The summed E-state index contributed by atoms with van der Waals surface area (Å²) in [7, 11) is 0. The van der Waals surface area contributed by atoms with Crippen LogP contribution in [-0.2, 0) is 16.6 Å². The molecule has 3 N–H and O–H groups in total. The van der Waals surface area contributed by atoms with Gasteiger partial charge in [-0.25, -0.2) is 0 Å². The van der Waals surface area contributed by atoms with Gasteiger partial charge in [-0.2, -0.15) is 0 Å². The van der Waals surface area contributed by atoms with Crippen molar-refractivity contribution in [3.05, 3.63) is 35.4 Å². The molecule has 114 valence electrons. The van der Waals surface area contributed by atoms with Gasteiger partial charge >= 0.3 is 0 Å². The van der Waals surface area contributed by atoms with Gasteiger partial charge in [-0.3, -0.25) is 4.79 Å². The summed E-state index contributed by atoms with van der Waals surface area (Å²) in [5.41, 5.74) is 8.16. The van der Waals surface area contributed by atoms with Crippen molar-refractivity contribution in [1.82, 2.24) is 5.32 Å². The smallest absolute Gasteiger partial charge is 0.220 e. The van der Waals surface area contributed by atoms with Gasteiger partial charge in [0.2, 0.25) is 5.91 Å². The van der Waals surface area contributed by atoms with Crippen molar-refractivity contribution < 1.29 is 4.79 Å². The number of hydrogen-bond donors (Lipinski definition) is 2. The van der Waals surface area contributed by atoms with Crippen LogP contribution in [0.4, 0.5) is 0 Å². The summed E-state index contributed by atoms with van der Waals surface area (Å²) in [6, 6.07) is 8.57. The molecule has 0 heterocycles. The number of nitrogens with two attached hydrogens (primary N) is 1. The first-order valence-corrected chi connectivity index (χ1v) is 6.92. The van der Waals surface area contributed by atoms with E-state index in [4.69, 9.17) is 5.73 Å². The van der Waals surface area contributed by atoms with Crippen molar-refractivity contribution in [3.63, 3.8) is 0 Å². The van der Waals surface area contributed by atoms with E-state index in [0.29, 0.717) is 13.0 Å². The van der Waals surface area contributed by atoms with Gasteiger partial charge in [0.15, 0.2) is 0 Å². The number of carbonyl (C=O) groups is 1. The second kappa shape index (κ2) is 8.28. The van der Waals surface area contributed by atoms with Gasteiger partial charge in [-0.1, -0.05) is 45.0 Å². The summed E-state index contributed by atoms with van der Waals surface area (Å²) in [4.78, 5) is 11.6. The van der Waals surface area contributed by atoms with Gasteiger partial charge in [0.05, 0.1) is 0 Å². The fraction of sp³-hybridized carbons (Fsp3) is 0.562. The van der Waals surface area contributed by atoms with Crippen molar-refractivity contribution >= 4 is 18.3 Å². The molecule has 1 atom stereocenters. The van der Waals surface area contributed by atoms with Crippen molar-refractivity contribution in [2.75, 3.05) is 6.54 Å². The number of hydrogen-bond acceptors (Lipinski definition) is 2. The van der Waals surface area contributed by atoms with Crippen molar-refractivity contribution in [3.8, 4) is 0 Å². The minimum absolute atomic E-state index is 0. The fourth-order valence-corrected chi connectivity index (χ4v) is 1.84. The van der Waals surface area contributed by atoms with Gasteiger partial charge in [0.1, 0.15) is 0 Å².